The predicted molar refractivity (Wildman–Crippen MR) is 60.9 cm³/mol. The number of carboxylic acids is 1. The van der Waals surface area contributed by atoms with Crippen LogP contribution >= 0.6 is 0 Å². The molecule has 1 fully saturated rings. The Hall–Kier alpha value is -0.570. The van der Waals surface area contributed by atoms with Crippen molar-refractivity contribution in [1.82, 2.24) is 4.90 Å². The summed E-state index contributed by atoms with van der Waals surface area (Å²) in [5, 5.41) is 8.74. The van der Waals surface area contributed by atoms with Crippen molar-refractivity contribution >= 4 is 5.97 Å². The second-order valence-corrected chi connectivity index (χ2v) is 5.15. The maximum Gasteiger partial charge on any atom is 0.304 e. The fourth-order valence-electron chi connectivity index (χ4n) is 2.24. The molecule has 1 rings (SSSR count). The minimum absolute atomic E-state index is 0.184. The van der Waals surface area contributed by atoms with Gasteiger partial charge in [0.2, 0.25) is 0 Å². The van der Waals surface area contributed by atoms with Gasteiger partial charge in [0, 0.05) is 6.04 Å². The van der Waals surface area contributed by atoms with Crippen LogP contribution in [0, 0.1) is 5.41 Å². The molecule has 0 amide bonds. The van der Waals surface area contributed by atoms with E-state index in [1.54, 1.807) is 0 Å². The van der Waals surface area contributed by atoms with E-state index >= 15 is 0 Å². The molecule has 1 saturated heterocycles. The maximum atomic E-state index is 10.6. The van der Waals surface area contributed by atoms with Gasteiger partial charge < -0.3 is 10.0 Å². The molecular formula is C12H23NO2. The van der Waals surface area contributed by atoms with Gasteiger partial charge >= 0.3 is 5.97 Å². The number of rotatable bonds is 4. The lowest BCUT2D eigenvalue weighted by Crippen LogP contribution is -2.43. The van der Waals surface area contributed by atoms with Gasteiger partial charge in [-0.05, 0) is 38.3 Å². The third kappa shape index (κ3) is 3.49. The van der Waals surface area contributed by atoms with E-state index < -0.39 is 5.97 Å². The number of hydrogen-bond donors (Lipinski definition) is 1. The van der Waals surface area contributed by atoms with Gasteiger partial charge in [-0.1, -0.05) is 20.3 Å². The Morgan fingerprint density at radius 3 is 2.40 bits per heavy atom. The summed E-state index contributed by atoms with van der Waals surface area (Å²) in [7, 11) is 0. The smallest absolute Gasteiger partial charge is 0.304 e. The molecule has 0 aromatic heterocycles. The van der Waals surface area contributed by atoms with Crippen LogP contribution in [-0.2, 0) is 4.79 Å². The van der Waals surface area contributed by atoms with Gasteiger partial charge in [0.15, 0.2) is 0 Å². The summed E-state index contributed by atoms with van der Waals surface area (Å²) in [5.41, 5.74) is 0.486. The molecule has 0 bridgehead atoms. The molecule has 0 aromatic rings. The van der Waals surface area contributed by atoms with E-state index in [1.165, 1.54) is 19.3 Å². The van der Waals surface area contributed by atoms with Crippen molar-refractivity contribution in [2.24, 2.45) is 5.41 Å². The van der Waals surface area contributed by atoms with Crippen LogP contribution < -0.4 is 0 Å². The molecule has 1 N–H and O–H groups in total. The molecule has 0 radical (unpaired) electrons. The van der Waals surface area contributed by atoms with Gasteiger partial charge in [-0.25, -0.2) is 0 Å². The van der Waals surface area contributed by atoms with Gasteiger partial charge in [-0.15, -0.1) is 0 Å². The highest BCUT2D eigenvalue weighted by Crippen LogP contribution is 2.34. The van der Waals surface area contributed by atoms with Crippen molar-refractivity contribution in [2.75, 3.05) is 13.1 Å². The molecule has 0 spiro atoms. The molecule has 1 aliphatic rings. The molecule has 3 nitrogen and oxygen atoms in total. The first kappa shape index (κ1) is 12.5. The second kappa shape index (κ2) is 4.97. The number of hydrogen-bond acceptors (Lipinski definition) is 2. The predicted octanol–water partition coefficient (Wildman–Crippen LogP) is 2.36. The molecule has 3 heteroatoms. The van der Waals surface area contributed by atoms with Crippen molar-refractivity contribution in [3.8, 4) is 0 Å². The molecule has 1 atom stereocenters. The highest BCUT2D eigenvalue weighted by molar-refractivity contribution is 5.67. The molecule has 15 heavy (non-hydrogen) atoms. The number of nitrogens with zero attached hydrogens (tertiary/aromatic N) is 1. The second-order valence-electron chi connectivity index (χ2n) is 5.15. The molecule has 0 saturated carbocycles. The first-order valence-corrected chi connectivity index (χ1v) is 5.93. The van der Waals surface area contributed by atoms with Crippen LogP contribution in [0.2, 0.25) is 0 Å². The van der Waals surface area contributed by atoms with E-state index in [2.05, 4.69) is 18.7 Å². The standard InChI is InChI=1S/C12H23NO2/c1-4-12(3)5-7-13(8-6-12)10(2)9-11(14)15/h10H,4-9H2,1-3H3,(H,14,15). The Bertz CT molecular complexity index is 220. The summed E-state index contributed by atoms with van der Waals surface area (Å²) < 4.78 is 0. The Kier molecular flexibility index (Phi) is 4.14. The van der Waals surface area contributed by atoms with E-state index in [0.29, 0.717) is 5.41 Å². The lowest BCUT2D eigenvalue weighted by Gasteiger charge is -2.41. The molecule has 1 unspecified atom stereocenters. The van der Waals surface area contributed by atoms with Gasteiger partial charge in [0.25, 0.3) is 0 Å². The number of piperidine rings is 1. The SMILES string of the molecule is CCC1(C)CCN(C(C)CC(=O)O)CC1. The molecule has 0 aromatic carbocycles. The Morgan fingerprint density at radius 1 is 1.47 bits per heavy atom. The summed E-state index contributed by atoms with van der Waals surface area (Å²) in [6.45, 7) is 8.71. The first-order valence-electron chi connectivity index (χ1n) is 5.93. The van der Waals surface area contributed by atoms with Crippen molar-refractivity contribution < 1.29 is 9.90 Å². The van der Waals surface area contributed by atoms with Crippen molar-refractivity contribution in [3.63, 3.8) is 0 Å². The van der Waals surface area contributed by atoms with E-state index in [0.717, 1.165) is 13.1 Å². The van der Waals surface area contributed by atoms with Crippen molar-refractivity contribution in [2.45, 2.75) is 52.5 Å². The highest BCUT2D eigenvalue weighted by atomic mass is 16.4. The van der Waals surface area contributed by atoms with E-state index in [1.807, 2.05) is 6.92 Å². The normalized spacial score (nSPS) is 23.7. The summed E-state index contributed by atoms with van der Waals surface area (Å²) in [4.78, 5) is 12.9. The lowest BCUT2D eigenvalue weighted by atomic mass is 9.78. The zero-order valence-corrected chi connectivity index (χ0v) is 10.1. The quantitative estimate of drug-likeness (QED) is 0.779. The molecular weight excluding hydrogens is 190 g/mol. The number of carbonyl (C=O) groups is 1. The van der Waals surface area contributed by atoms with Gasteiger partial charge in [0.05, 0.1) is 6.42 Å². The Balaban J connectivity index is 2.40. The van der Waals surface area contributed by atoms with Crippen molar-refractivity contribution in [1.29, 1.82) is 0 Å². The highest BCUT2D eigenvalue weighted by Gasteiger charge is 2.30. The fourth-order valence-corrected chi connectivity index (χ4v) is 2.24. The summed E-state index contributed by atoms with van der Waals surface area (Å²) in [6.07, 6.45) is 3.90. The van der Waals surface area contributed by atoms with Crippen LogP contribution in [0.1, 0.15) is 46.5 Å². The monoisotopic (exact) mass is 213 g/mol. The van der Waals surface area contributed by atoms with Crippen LogP contribution in [0.5, 0.6) is 0 Å². The number of aliphatic carboxylic acids is 1. The average Bonchev–Trinajstić information content (AvgIpc) is 2.18. The average molecular weight is 213 g/mol. The fraction of sp³-hybridized carbons (Fsp3) is 0.917. The van der Waals surface area contributed by atoms with Crippen LogP contribution in [0.15, 0.2) is 0 Å². The summed E-state index contributed by atoms with van der Waals surface area (Å²) >= 11 is 0. The van der Waals surface area contributed by atoms with Crippen LogP contribution in [0.25, 0.3) is 0 Å². The van der Waals surface area contributed by atoms with Crippen LogP contribution in [-0.4, -0.2) is 35.1 Å². The molecule has 1 heterocycles. The Labute approximate surface area is 92.5 Å². The largest absolute Gasteiger partial charge is 0.481 e. The molecule has 1 aliphatic heterocycles. The van der Waals surface area contributed by atoms with Crippen molar-refractivity contribution in [3.05, 3.63) is 0 Å². The lowest BCUT2D eigenvalue weighted by molar-refractivity contribution is -0.138. The van der Waals surface area contributed by atoms with E-state index in [4.69, 9.17) is 5.11 Å². The molecule has 88 valence electrons. The van der Waals surface area contributed by atoms with Gasteiger partial charge in [-0.3, -0.25) is 4.79 Å². The zero-order chi connectivity index (χ0) is 11.5. The zero-order valence-electron chi connectivity index (χ0n) is 10.1. The Morgan fingerprint density at radius 2 is 2.00 bits per heavy atom. The summed E-state index contributed by atoms with van der Waals surface area (Å²) in [6, 6.07) is 0.184. The number of likely N-dealkylation sites (tertiary alicyclic amines) is 1. The topological polar surface area (TPSA) is 40.5 Å². The van der Waals surface area contributed by atoms with Crippen LogP contribution in [0.4, 0.5) is 0 Å². The third-order valence-corrected chi connectivity index (χ3v) is 3.95. The molecule has 0 aliphatic carbocycles. The minimum atomic E-state index is -0.689. The van der Waals surface area contributed by atoms with Crippen LogP contribution in [0.3, 0.4) is 0 Å². The van der Waals surface area contributed by atoms with E-state index in [-0.39, 0.29) is 12.5 Å². The number of carboxylic acid groups (broad SMARTS) is 1. The van der Waals surface area contributed by atoms with Gasteiger partial charge in [0.1, 0.15) is 0 Å². The van der Waals surface area contributed by atoms with E-state index in [9.17, 15) is 4.79 Å². The third-order valence-electron chi connectivity index (χ3n) is 3.95. The minimum Gasteiger partial charge on any atom is -0.481 e. The van der Waals surface area contributed by atoms with Gasteiger partial charge in [-0.2, -0.15) is 0 Å². The maximum absolute atomic E-state index is 10.6. The summed E-state index contributed by atoms with van der Waals surface area (Å²) in [5.74, 6) is -0.689. The first-order chi connectivity index (χ1) is 6.97.